The minimum atomic E-state index is 0.509. The molecule has 0 aliphatic carbocycles. The molecule has 1 aromatic heterocycles. The zero-order valence-electron chi connectivity index (χ0n) is 15.8. The lowest BCUT2D eigenvalue weighted by Gasteiger charge is -2.17. The third-order valence-corrected chi connectivity index (χ3v) is 3.89. The van der Waals surface area contributed by atoms with Crippen LogP contribution in [0.5, 0.6) is 17.2 Å². The summed E-state index contributed by atoms with van der Waals surface area (Å²) in [6.45, 7) is 2.16. The fourth-order valence-corrected chi connectivity index (χ4v) is 2.53. The number of benzene rings is 1. The molecule has 26 heavy (non-hydrogen) atoms. The number of nitrogens with one attached hydrogen (secondary N) is 2. The lowest BCUT2D eigenvalue weighted by Crippen LogP contribution is -2.37. The van der Waals surface area contributed by atoms with Crippen molar-refractivity contribution in [3.8, 4) is 17.2 Å². The van der Waals surface area contributed by atoms with E-state index in [9.17, 15) is 0 Å². The van der Waals surface area contributed by atoms with Gasteiger partial charge in [-0.2, -0.15) is 5.10 Å². The summed E-state index contributed by atoms with van der Waals surface area (Å²) in [5.74, 6) is 2.79. The van der Waals surface area contributed by atoms with Crippen LogP contribution in [0.1, 0.15) is 12.0 Å². The number of rotatable bonds is 9. The Morgan fingerprint density at radius 1 is 1.12 bits per heavy atom. The van der Waals surface area contributed by atoms with Gasteiger partial charge in [0.15, 0.2) is 5.96 Å². The van der Waals surface area contributed by atoms with Gasteiger partial charge in [-0.25, -0.2) is 0 Å². The van der Waals surface area contributed by atoms with E-state index in [4.69, 9.17) is 14.2 Å². The van der Waals surface area contributed by atoms with Crippen molar-refractivity contribution in [3.05, 3.63) is 36.2 Å². The highest BCUT2D eigenvalue weighted by Crippen LogP contribution is 2.33. The molecule has 2 rings (SSSR count). The lowest BCUT2D eigenvalue weighted by atomic mass is 10.1. The van der Waals surface area contributed by atoms with Crippen LogP contribution in [0.4, 0.5) is 0 Å². The fraction of sp³-hybridized carbons (Fsp3) is 0.444. The van der Waals surface area contributed by atoms with Crippen LogP contribution < -0.4 is 24.8 Å². The van der Waals surface area contributed by atoms with E-state index in [1.54, 1.807) is 34.6 Å². The highest BCUT2D eigenvalue weighted by Gasteiger charge is 2.13. The van der Waals surface area contributed by atoms with Gasteiger partial charge in [-0.15, -0.1) is 0 Å². The monoisotopic (exact) mass is 361 g/mol. The zero-order valence-corrected chi connectivity index (χ0v) is 15.8. The summed E-state index contributed by atoms with van der Waals surface area (Å²) in [5.41, 5.74) is 0.898. The van der Waals surface area contributed by atoms with Gasteiger partial charge in [0.25, 0.3) is 0 Å². The Morgan fingerprint density at radius 2 is 1.85 bits per heavy atom. The molecule has 0 unspecified atom stereocenters. The van der Waals surface area contributed by atoms with Crippen LogP contribution in [0.25, 0.3) is 0 Å². The van der Waals surface area contributed by atoms with Gasteiger partial charge < -0.3 is 24.8 Å². The first-order valence-corrected chi connectivity index (χ1v) is 8.42. The number of ether oxygens (including phenoxy) is 3. The van der Waals surface area contributed by atoms with Crippen molar-refractivity contribution in [1.29, 1.82) is 0 Å². The van der Waals surface area contributed by atoms with Crippen LogP contribution in [0.15, 0.2) is 35.6 Å². The minimum absolute atomic E-state index is 0.509. The van der Waals surface area contributed by atoms with E-state index in [0.29, 0.717) is 29.8 Å². The number of hydrogen-bond donors (Lipinski definition) is 2. The quantitative estimate of drug-likeness (QED) is 0.402. The molecule has 0 spiro atoms. The van der Waals surface area contributed by atoms with Crippen LogP contribution >= 0.6 is 0 Å². The molecule has 142 valence electrons. The molecule has 8 heteroatoms. The molecule has 0 radical (unpaired) electrons. The molecule has 0 aliphatic heterocycles. The standard InChI is InChI=1S/C18H27N5O3/c1-19-18(20-7-5-9-23-10-6-8-22-23)21-13-15-16(25-3)11-14(24-2)12-17(15)26-4/h6,8,10-12H,5,7,9,13H2,1-4H3,(H2,19,20,21). The number of hydrogen-bond acceptors (Lipinski definition) is 5. The first-order chi connectivity index (χ1) is 12.7. The van der Waals surface area contributed by atoms with E-state index < -0.39 is 0 Å². The van der Waals surface area contributed by atoms with Crippen molar-refractivity contribution in [1.82, 2.24) is 20.4 Å². The van der Waals surface area contributed by atoms with Gasteiger partial charge in [-0.1, -0.05) is 0 Å². The van der Waals surface area contributed by atoms with E-state index in [2.05, 4.69) is 20.7 Å². The van der Waals surface area contributed by atoms with Gasteiger partial charge in [0.1, 0.15) is 17.2 Å². The number of aliphatic imine (C=N–C) groups is 1. The maximum atomic E-state index is 5.47. The Kier molecular flexibility index (Phi) is 7.60. The van der Waals surface area contributed by atoms with Crippen molar-refractivity contribution < 1.29 is 14.2 Å². The summed E-state index contributed by atoms with van der Waals surface area (Å²) in [4.78, 5) is 4.25. The van der Waals surface area contributed by atoms with Crippen LogP contribution in [-0.2, 0) is 13.1 Å². The minimum Gasteiger partial charge on any atom is -0.496 e. The van der Waals surface area contributed by atoms with E-state index in [1.807, 2.05) is 29.1 Å². The highest BCUT2D eigenvalue weighted by molar-refractivity contribution is 5.79. The first kappa shape index (κ1) is 19.4. The van der Waals surface area contributed by atoms with Gasteiger partial charge >= 0.3 is 0 Å². The molecule has 8 nitrogen and oxygen atoms in total. The smallest absolute Gasteiger partial charge is 0.191 e. The maximum absolute atomic E-state index is 5.47. The van der Waals surface area contributed by atoms with Crippen molar-refractivity contribution in [2.75, 3.05) is 34.9 Å². The molecule has 0 atom stereocenters. The van der Waals surface area contributed by atoms with Gasteiger partial charge in [0.05, 0.1) is 33.4 Å². The highest BCUT2D eigenvalue weighted by atomic mass is 16.5. The summed E-state index contributed by atoms with van der Waals surface area (Å²) in [5, 5.41) is 10.8. The molecular formula is C18H27N5O3. The molecule has 0 aliphatic rings. The second kappa shape index (κ2) is 10.2. The number of guanidine groups is 1. The van der Waals surface area contributed by atoms with Gasteiger partial charge in [-0.05, 0) is 12.5 Å². The Morgan fingerprint density at radius 3 is 2.38 bits per heavy atom. The summed E-state index contributed by atoms with van der Waals surface area (Å²) in [6, 6.07) is 5.59. The van der Waals surface area contributed by atoms with Crippen LogP contribution in [0.2, 0.25) is 0 Å². The van der Waals surface area contributed by atoms with Gasteiger partial charge in [0.2, 0.25) is 0 Å². The molecular weight excluding hydrogens is 334 g/mol. The molecule has 0 saturated heterocycles. The normalized spacial score (nSPS) is 11.2. The topological polar surface area (TPSA) is 81.9 Å². The second-order valence-electron chi connectivity index (χ2n) is 5.49. The Labute approximate surface area is 154 Å². The van der Waals surface area contributed by atoms with Crippen LogP contribution in [-0.4, -0.2) is 50.7 Å². The van der Waals surface area contributed by atoms with Gasteiger partial charge in [0, 0.05) is 44.7 Å². The molecule has 2 aromatic rings. The van der Waals surface area contributed by atoms with E-state index in [1.165, 1.54) is 0 Å². The molecule has 0 amide bonds. The van der Waals surface area contributed by atoms with Crippen LogP contribution in [0, 0.1) is 0 Å². The van der Waals surface area contributed by atoms with Crippen molar-refractivity contribution in [2.24, 2.45) is 4.99 Å². The van der Waals surface area contributed by atoms with E-state index in [0.717, 1.165) is 25.1 Å². The molecule has 1 aromatic carbocycles. The van der Waals surface area contributed by atoms with Crippen molar-refractivity contribution in [2.45, 2.75) is 19.5 Å². The van der Waals surface area contributed by atoms with E-state index >= 15 is 0 Å². The van der Waals surface area contributed by atoms with Crippen LogP contribution in [0.3, 0.4) is 0 Å². The number of methoxy groups -OCH3 is 3. The Bertz CT molecular complexity index is 676. The fourth-order valence-electron chi connectivity index (χ4n) is 2.53. The summed E-state index contributed by atoms with van der Waals surface area (Å²) < 4.78 is 18.1. The Hall–Kier alpha value is -2.90. The maximum Gasteiger partial charge on any atom is 0.191 e. The first-order valence-electron chi connectivity index (χ1n) is 8.42. The number of nitrogens with zero attached hydrogens (tertiary/aromatic N) is 3. The zero-order chi connectivity index (χ0) is 18.8. The van der Waals surface area contributed by atoms with E-state index in [-0.39, 0.29) is 0 Å². The molecule has 1 heterocycles. The third-order valence-electron chi connectivity index (χ3n) is 3.89. The van der Waals surface area contributed by atoms with Gasteiger partial charge in [-0.3, -0.25) is 9.67 Å². The average Bonchev–Trinajstić information content (AvgIpc) is 3.20. The second-order valence-corrected chi connectivity index (χ2v) is 5.49. The third kappa shape index (κ3) is 5.30. The summed E-state index contributed by atoms with van der Waals surface area (Å²) in [6.07, 6.45) is 4.68. The lowest BCUT2D eigenvalue weighted by molar-refractivity contribution is 0.368. The predicted octanol–water partition coefficient (Wildman–Crippen LogP) is 1.66. The summed E-state index contributed by atoms with van der Waals surface area (Å²) >= 11 is 0. The predicted molar refractivity (Wildman–Crippen MR) is 101 cm³/mol. The SMILES string of the molecule is CN=C(NCCCn1cccn1)NCc1c(OC)cc(OC)cc1OC. The molecule has 0 bridgehead atoms. The van der Waals surface area contributed by atoms with Crippen molar-refractivity contribution >= 4 is 5.96 Å². The largest absolute Gasteiger partial charge is 0.496 e. The summed E-state index contributed by atoms with van der Waals surface area (Å²) in [7, 11) is 6.60. The Balaban J connectivity index is 1.91. The number of aryl methyl sites for hydroxylation is 1. The van der Waals surface area contributed by atoms with Crippen molar-refractivity contribution in [3.63, 3.8) is 0 Å². The molecule has 2 N–H and O–H groups in total. The molecule has 0 saturated carbocycles. The average molecular weight is 361 g/mol. The number of aromatic nitrogens is 2. The molecule has 0 fully saturated rings.